The second kappa shape index (κ2) is 7.85. The standard InChI is InChI=1S/C15H23N3O3/c16-15(17-20)12-4-6-14(7-5-12)21-10-9-18-8-2-1-3-13(18)11-19/h4-7,13,19-20H,1-3,8-11H2,(H2,16,17). The molecule has 1 aliphatic heterocycles. The van der Waals surface area contributed by atoms with Gasteiger partial charge in [0.05, 0.1) is 6.61 Å². The molecular formula is C15H23N3O3. The van der Waals surface area contributed by atoms with Gasteiger partial charge in [-0.25, -0.2) is 0 Å². The summed E-state index contributed by atoms with van der Waals surface area (Å²) in [5.74, 6) is 0.836. The molecule has 1 aromatic rings. The Bertz CT molecular complexity index is 462. The topological polar surface area (TPSA) is 91.3 Å². The number of hydrogen-bond donors (Lipinski definition) is 3. The molecule has 0 aliphatic carbocycles. The maximum atomic E-state index is 9.36. The number of amidine groups is 1. The van der Waals surface area contributed by atoms with Crippen LogP contribution in [-0.2, 0) is 0 Å². The van der Waals surface area contributed by atoms with E-state index in [0.717, 1.165) is 25.3 Å². The largest absolute Gasteiger partial charge is 0.492 e. The predicted octanol–water partition coefficient (Wildman–Crippen LogP) is 1.01. The molecule has 1 unspecified atom stereocenters. The minimum Gasteiger partial charge on any atom is -0.492 e. The van der Waals surface area contributed by atoms with Crippen molar-refractivity contribution in [3.05, 3.63) is 29.8 Å². The van der Waals surface area contributed by atoms with Crippen LogP contribution in [0.5, 0.6) is 5.75 Å². The van der Waals surface area contributed by atoms with Crippen molar-refractivity contribution >= 4 is 5.84 Å². The van der Waals surface area contributed by atoms with Gasteiger partial charge in [-0.1, -0.05) is 11.6 Å². The van der Waals surface area contributed by atoms with E-state index >= 15 is 0 Å². The lowest BCUT2D eigenvalue weighted by Crippen LogP contribution is -2.43. The molecule has 116 valence electrons. The van der Waals surface area contributed by atoms with Gasteiger partial charge in [-0.15, -0.1) is 0 Å². The van der Waals surface area contributed by atoms with Crippen LogP contribution in [-0.4, -0.2) is 53.4 Å². The van der Waals surface area contributed by atoms with E-state index in [-0.39, 0.29) is 18.5 Å². The molecule has 0 spiro atoms. The highest BCUT2D eigenvalue weighted by molar-refractivity contribution is 5.97. The van der Waals surface area contributed by atoms with Crippen LogP contribution in [0.2, 0.25) is 0 Å². The fourth-order valence-corrected chi connectivity index (χ4v) is 2.62. The lowest BCUT2D eigenvalue weighted by atomic mass is 10.0. The highest BCUT2D eigenvalue weighted by Crippen LogP contribution is 2.17. The number of oxime groups is 1. The molecule has 6 heteroatoms. The first-order chi connectivity index (χ1) is 10.2. The molecule has 0 bridgehead atoms. The Morgan fingerprint density at radius 3 is 2.76 bits per heavy atom. The smallest absolute Gasteiger partial charge is 0.170 e. The lowest BCUT2D eigenvalue weighted by molar-refractivity contribution is 0.0773. The molecule has 0 aromatic heterocycles. The number of ether oxygens (including phenoxy) is 1. The van der Waals surface area contributed by atoms with Crippen LogP contribution in [0.4, 0.5) is 0 Å². The zero-order valence-electron chi connectivity index (χ0n) is 12.1. The monoisotopic (exact) mass is 293 g/mol. The van der Waals surface area contributed by atoms with Gasteiger partial charge in [0.1, 0.15) is 12.4 Å². The molecular weight excluding hydrogens is 270 g/mol. The Hall–Kier alpha value is -1.79. The van der Waals surface area contributed by atoms with Gasteiger partial charge in [-0.3, -0.25) is 4.90 Å². The molecule has 1 saturated heterocycles. The third-order valence-electron chi connectivity index (χ3n) is 3.86. The van der Waals surface area contributed by atoms with E-state index in [4.69, 9.17) is 15.7 Å². The summed E-state index contributed by atoms with van der Waals surface area (Å²) in [6.07, 6.45) is 3.44. The number of nitrogens with two attached hydrogens (primary N) is 1. The molecule has 0 amide bonds. The average Bonchev–Trinajstić information content (AvgIpc) is 2.55. The quantitative estimate of drug-likeness (QED) is 0.315. The van der Waals surface area contributed by atoms with E-state index in [1.807, 2.05) is 0 Å². The number of rotatable bonds is 6. The Kier molecular flexibility index (Phi) is 5.83. The van der Waals surface area contributed by atoms with Crippen LogP contribution >= 0.6 is 0 Å². The van der Waals surface area contributed by atoms with E-state index in [1.54, 1.807) is 24.3 Å². The van der Waals surface area contributed by atoms with E-state index < -0.39 is 0 Å². The van der Waals surface area contributed by atoms with Crippen molar-refractivity contribution in [3.8, 4) is 5.75 Å². The van der Waals surface area contributed by atoms with Gasteiger partial charge in [0.25, 0.3) is 0 Å². The van der Waals surface area contributed by atoms with Gasteiger partial charge in [0, 0.05) is 18.2 Å². The summed E-state index contributed by atoms with van der Waals surface area (Å²) < 4.78 is 5.70. The van der Waals surface area contributed by atoms with Gasteiger partial charge in [0.15, 0.2) is 5.84 Å². The molecule has 1 aromatic carbocycles. The predicted molar refractivity (Wildman–Crippen MR) is 80.7 cm³/mol. The first-order valence-corrected chi connectivity index (χ1v) is 7.30. The van der Waals surface area contributed by atoms with E-state index in [2.05, 4.69) is 10.1 Å². The Morgan fingerprint density at radius 2 is 2.10 bits per heavy atom. The highest BCUT2D eigenvalue weighted by atomic mass is 16.5. The van der Waals surface area contributed by atoms with Crippen molar-refractivity contribution in [3.63, 3.8) is 0 Å². The summed E-state index contributed by atoms with van der Waals surface area (Å²) in [6, 6.07) is 7.37. The summed E-state index contributed by atoms with van der Waals surface area (Å²) in [5.41, 5.74) is 6.16. The molecule has 6 nitrogen and oxygen atoms in total. The molecule has 2 rings (SSSR count). The molecule has 1 fully saturated rings. The number of nitrogens with zero attached hydrogens (tertiary/aromatic N) is 2. The average molecular weight is 293 g/mol. The minimum atomic E-state index is 0.0839. The van der Waals surface area contributed by atoms with Gasteiger partial charge in [-0.2, -0.15) is 0 Å². The third-order valence-corrected chi connectivity index (χ3v) is 3.86. The van der Waals surface area contributed by atoms with Gasteiger partial charge in [0.2, 0.25) is 0 Å². The number of likely N-dealkylation sites (tertiary alicyclic amines) is 1. The zero-order chi connectivity index (χ0) is 15.1. The number of hydrogen-bond acceptors (Lipinski definition) is 5. The summed E-state index contributed by atoms with van der Waals surface area (Å²) in [5, 5.41) is 20.9. The minimum absolute atomic E-state index is 0.0839. The molecule has 1 aliphatic rings. The number of benzene rings is 1. The third kappa shape index (κ3) is 4.34. The molecule has 4 N–H and O–H groups in total. The van der Waals surface area contributed by atoms with Crippen LogP contribution in [0, 0.1) is 0 Å². The van der Waals surface area contributed by atoms with Gasteiger partial charge >= 0.3 is 0 Å². The normalized spacial score (nSPS) is 20.4. The maximum Gasteiger partial charge on any atom is 0.170 e. The summed E-state index contributed by atoms with van der Waals surface area (Å²) in [7, 11) is 0. The van der Waals surface area contributed by atoms with E-state index in [0.29, 0.717) is 12.2 Å². The summed E-state index contributed by atoms with van der Waals surface area (Å²) in [6.45, 7) is 2.64. The summed E-state index contributed by atoms with van der Waals surface area (Å²) in [4.78, 5) is 2.29. The van der Waals surface area contributed by atoms with Crippen molar-refractivity contribution < 1.29 is 15.1 Å². The van der Waals surface area contributed by atoms with Crippen molar-refractivity contribution in [2.45, 2.75) is 25.3 Å². The Labute approximate surface area is 124 Å². The Morgan fingerprint density at radius 1 is 1.33 bits per heavy atom. The van der Waals surface area contributed by atoms with Crippen LogP contribution in [0.25, 0.3) is 0 Å². The first kappa shape index (κ1) is 15.6. The van der Waals surface area contributed by atoms with E-state index in [1.165, 1.54) is 12.8 Å². The number of piperidine rings is 1. The van der Waals surface area contributed by atoms with Crippen molar-refractivity contribution in [2.75, 3.05) is 26.3 Å². The van der Waals surface area contributed by atoms with Crippen LogP contribution in [0.1, 0.15) is 24.8 Å². The second-order valence-corrected chi connectivity index (χ2v) is 5.23. The molecule has 1 heterocycles. The molecule has 0 saturated carbocycles. The van der Waals surface area contributed by atoms with Crippen molar-refractivity contribution in [1.82, 2.24) is 4.90 Å². The molecule has 21 heavy (non-hydrogen) atoms. The second-order valence-electron chi connectivity index (χ2n) is 5.23. The zero-order valence-corrected chi connectivity index (χ0v) is 12.1. The van der Waals surface area contributed by atoms with Gasteiger partial charge < -0.3 is 20.8 Å². The van der Waals surface area contributed by atoms with Crippen LogP contribution in [0.3, 0.4) is 0 Å². The maximum absolute atomic E-state index is 9.36. The van der Waals surface area contributed by atoms with Gasteiger partial charge in [-0.05, 0) is 43.7 Å². The highest BCUT2D eigenvalue weighted by Gasteiger charge is 2.20. The van der Waals surface area contributed by atoms with E-state index in [9.17, 15) is 5.11 Å². The van der Waals surface area contributed by atoms with Crippen molar-refractivity contribution in [1.29, 1.82) is 0 Å². The lowest BCUT2D eigenvalue weighted by Gasteiger charge is -2.34. The summed E-state index contributed by atoms with van der Waals surface area (Å²) >= 11 is 0. The Balaban J connectivity index is 1.80. The molecule has 0 radical (unpaired) electrons. The number of aliphatic hydroxyl groups excluding tert-OH is 1. The SMILES string of the molecule is NC(=NO)c1ccc(OCCN2CCCCC2CO)cc1. The number of aliphatic hydroxyl groups is 1. The van der Waals surface area contributed by atoms with Crippen LogP contribution < -0.4 is 10.5 Å². The van der Waals surface area contributed by atoms with Crippen molar-refractivity contribution in [2.24, 2.45) is 10.9 Å². The van der Waals surface area contributed by atoms with Crippen LogP contribution in [0.15, 0.2) is 29.4 Å². The fourth-order valence-electron chi connectivity index (χ4n) is 2.62. The fraction of sp³-hybridized carbons (Fsp3) is 0.533. The first-order valence-electron chi connectivity index (χ1n) is 7.30. The molecule has 1 atom stereocenters.